The lowest BCUT2D eigenvalue weighted by molar-refractivity contribution is 0.420. The highest BCUT2D eigenvalue weighted by molar-refractivity contribution is 8.02. The van der Waals surface area contributed by atoms with Gasteiger partial charge in [-0.1, -0.05) is 6.08 Å². The Kier molecular flexibility index (Phi) is 3.02. The second-order valence-electron chi connectivity index (χ2n) is 2.60. The Morgan fingerprint density at radius 1 is 1.64 bits per heavy atom. The van der Waals surface area contributed by atoms with E-state index >= 15 is 0 Å². The number of nitrogens with two attached hydrogens (primary N) is 1. The fourth-order valence-electron chi connectivity index (χ4n) is 1.08. The summed E-state index contributed by atoms with van der Waals surface area (Å²) in [6, 6.07) is 0. The van der Waals surface area contributed by atoms with Crippen molar-refractivity contribution in [1.29, 1.82) is 0 Å². The van der Waals surface area contributed by atoms with Gasteiger partial charge in [0.25, 0.3) is 0 Å². The van der Waals surface area contributed by atoms with Gasteiger partial charge in [0.15, 0.2) is 0 Å². The van der Waals surface area contributed by atoms with Crippen LogP contribution < -0.4 is 5.84 Å². The van der Waals surface area contributed by atoms with Gasteiger partial charge in [-0.25, -0.2) is 5.84 Å². The van der Waals surface area contributed by atoms with E-state index in [9.17, 15) is 0 Å². The van der Waals surface area contributed by atoms with E-state index in [4.69, 9.17) is 5.84 Å². The predicted octanol–water partition coefficient (Wildman–Crippen LogP) is 1.72. The van der Waals surface area contributed by atoms with E-state index in [1.54, 1.807) is 16.8 Å². The average Bonchev–Trinajstić information content (AvgIpc) is 2.05. The van der Waals surface area contributed by atoms with E-state index < -0.39 is 0 Å². The van der Waals surface area contributed by atoms with Crippen LogP contribution in [0, 0.1) is 0 Å². The largest absolute Gasteiger partial charge is 0.318 e. The molecule has 3 heteroatoms. The second kappa shape index (κ2) is 3.83. The Morgan fingerprint density at radius 2 is 2.36 bits per heavy atom. The number of nitrogens with zero attached hydrogens (tertiary/aromatic N) is 1. The lowest BCUT2D eigenvalue weighted by Crippen LogP contribution is -2.25. The Morgan fingerprint density at radius 3 is 2.91 bits per heavy atom. The first-order valence-corrected chi connectivity index (χ1v) is 4.89. The van der Waals surface area contributed by atoms with Crippen molar-refractivity contribution in [2.45, 2.75) is 12.8 Å². The normalized spacial score (nSPS) is 17.4. The van der Waals surface area contributed by atoms with Crippen LogP contribution in [0.15, 0.2) is 22.8 Å². The van der Waals surface area contributed by atoms with Crippen LogP contribution in [0.1, 0.15) is 12.8 Å². The monoisotopic (exact) mass is 170 g/mol. The first-order valence-electron chi connectivity index (χ1n) is 3.67. The van der Waals surface area contributed by atoms with Gasteiger partial charge in [-0.3, -0.25) is 0 Å². The molecule has 2 N–H and O–H groups in total. The van der Waals surface area contributed by atoms with E-state index in [1.165, 1.54) is 10.6 Å². The third-order valence-corrected chi connectivity index (χ3v) is 2.50. The zero-order valence-corrected chi connectivity index (χ0v) is 7.82. The molecule has 0 saturated carbocycles. The van der Waals surface area contributed by atoms with Crippen molar-refractivity contribution in [3.63, 3.8) is 0 Å². The summed E-state index contributed by atoms with van der Waals surface area (Å²) >= 11 is 1.77. The molecule has 0 aromatic heterocycles. The van der Waals surface area contributed by atoms with E-state index in [1.807, 2.05) is 7.05 Å². The average molecular weight is 170 g/mol. The standard InChI is InChI=1S/C8H14N2S/c1-10(9)7-4-3-5-8(6-7)11-2/h5-6H,3-4,9H2,1-2H3. The number of hydrazine groups is 1. The van der Waals surface area contributed by atoms with Gasteiger partial charge in [0.1, 0.15) is 0 Å². The molecule has 0 radical (unpaired) electrons. The van der Waals surface area contributed by atoms with Crippen LogP contribution in [0.5, 0.6) is 0 Å². The molecule has 0 aromatic rings. The number of rotatable bonds is 2. The molecule has 0 amide bonds. The van der Waals surface area contributed by atoms with Gasteiger partial charge in [0.05, 0.1) is 0 Å². The minimum atomic E-state index is 1.07. The van der Waals surface area contributed by atoms with Crippen LogP contribution in [0.2, 0.25) is 0 Å². The first-order chi connectivity index (χ1) is 5.24. The van der Waals surface area contributed by atoms with Crippen LogP contribution >= 0.6 is 11.8 Å². The molecular weight excluding hydrogens is 156 g/mol. The molecule has 0 fully saturated rings. The molecule has 1 aliphatic rings. The van der Waals surface area contributed by atoms with Crippen molar-refractivity contribution < 1.29 is 0 Å². The van der Waals surface area contributed by atoms with Gasteiger partial charge >= 0.3 is 0 Å². The highest BCUT2D eigenvalue weighted by Crippen LogP contribution is 2.24. The Hall–Kier alpha value is -0.410. The molecule has 0 aliphatic heterocycles. The number of thioether (sulfide) groups is 1. The highest BCUT2D eigenvalue weighted by Gasteiger charge is 2.05. The Labute approximate surface area is 72.1 Å². The van der Waals surface area contributed by atoms with E-state index in [2.05, 4.69) is 18.4 Å². The summed E-state index contributed by atoms with van der Waals surface area (Å²) in [5.41, 5.74) is 1.22. The van der Waals surface area contributed by atoms with Crippen molar-refractivity contribution in [2.24, 2.45) is 5.84 Å². The van der Waals surface area contributed by atoms with Crippen LogP contribution in [0.3, 0.4) is 0 Å². The second-order valence-corrected chi connectivity index (χ2v) is 3.48. The smallest absolute Gasteiger partial charge is 0.0302 e. The topological polar surface area (TPSA) is 29.3 Å². The van der Waals surface area contributed by atoms with Crippen molar-refractivity contribution in [3.8, 4) is 0 Å². The molecule has 0 saturated heterocycles. The molecule has 2 nitrogen and oxygen atoms in total. The molecule has 0 atom stereocenters. The van der Waals surface area contributed by atoms with Gasteiger partial charge in [0.2, 0.25) is 0 Å². The van der Waals surface area contributed by atoms with Crippen LogP contribution in [-0.2, 0) is 0 Å². The number of allylic oxidation sites excluding steroid dienone is 3. The molecule has 0 heterocycles. The number of hydrogen-bond acceptors (Lipinski definition) is 3. The molecule has 1 aliphatic carbocycles. The fourth-order valence-corrected chi connectivity index (χ4v) is 1.62. The van der Waals surface area contributed by atoms with Crippen molar-refractivity contribution in [2.75, 3.05) is 13.3 Å². The van der Waals surface area contributed by atoms with Crippen molar-refractivity contribution in [1.82, 2.24) is 5.01 Å². The Balaban J connectivity index is 2.68. The van der Waals surface area contributed by atoms with Crippen LogP contribution in [-0.4, -0.2) is 18.3 Å². The minimum Gasteiger partial charge on any atom is -0.318 e. The summed E-state index contributed by atoms with van der Waals surface area (Å²) in [6.07, 6.45) is 8.66. The molecule has 0 bridgehead atoms. The van der Waals surface area contributed by atoms with Crippen molar-refractivity contribution >= 4 is 11.8 Å². The van der Waals surface area contributed by atoms with Gasteiger partial charge in [-0.15, -0.1) is 11.8 Å². The Bertz CT molecular complexity index is 194. The van der Waals surface area contributed by atoms with Gasteiger partial charge < -0.3 is 5.01 Å². The summed E-state index contributed by atoms with van der Waals surface area (Å²) in [6.45, 7) is 0. The zero-order chi connectivity index (χ0) is 8.27. The van der Waals surface area contributed by atoms with Gasteiger partial charge in [0, 0.05) is 17.6 Å². The molecule has 0 unspecified atom stereocenters. The molecule has 11 heavy (non-hydrogen) atoms. The summed E-state index contributed by atoms with van der Waals surface area (Å²) in [5.74, 6) is 5.61. The lowest BCUT2D eigenvalue weighted by Gasteiger charge is -2.19. The maximum atomic E-state index is 5.61. The summed E-state index contributed by atoms with van der Waals surface area (Å²) in [7, 11) is 1.88. The minimum absolute atomic E-state index is 1.07. The van der Waals surface area contributed by atoms with Crippen molar-refractivity contribution in [3.05, 3.63) is 22.8 Å². The molecular formula is C8H14N2S. The number of hydrogen-bond donors (Lipinski definition) is 1. The van der Waals surface area contributed by atoms with E-state index in [0.29, 0.717) is 0 Å². The molecule has 62 valence electrons. The maximum absolute atomic E-state index is 5.61. The quantitative estimate of drug-likeness (QED) is 0.505. The third-order valence-electron chi connectivity index (χ3n) is 1.74. The summed E-state index contributed by atoms with van der Waals surface area (Å²) in [5, 5.41) is 1.70. The SMILES string of the molecule is CSC1=CCCC(N(C)N)=C1. The summed E-state index contributed by atoms with van der Waals surface area (Å²) < 4.78 is 0. The van der Waals surface area contributed by atoms with Crippen LogP contribution in [0.25, 0.3) is 0 Å². The summed E-state index contributed by atoms with van der Waals surface area (Å²) in [4.78, 5) is 1.32. The molecule has 1 rings (SSSR count). The zero-order valence-electron chi connectivity index (χ0n) is 7.00. The maximum Gasteiger partial charge on any atom is 0.0302 e. The fraction of sp³-hybridized carbons (Fsp3) is 0.500. The van der Waals surface area contributed by atoms with E-state index in [0.717, 1.165) is 12.8 Å². The molecule has 0 aromatic carbocycles. The third kappa shape index (κ3) is 2.27. The first kappa shape index (κ1) is 8.68. The lowest BCUT2D eigenvalue weighted by atomic mass is 10.1. The van der Waals surface area contributed by atoms with Crippen LogP contribution in [0.4, 0.5) is 0 Å². The predicted molar refractivity (Wildman–Crippen MR) is 50.9 cm³/mol. The highest BCUT2D eigenvalue weighted by atomic mass is 32.2. The van der Waals surface area contributed by atoms with E-state index in [-0.39, 0.29) is 0 Å². The van der Waals surface area contributed by atoms with Gasteiger partial charge in [-0.05, 0) is 25.2 Å². The van der Waals surface area contributed by atoms with Gasteiger partial charge in [-0.2, -0.15) is 0 Å². The molecule has 0 spiro atoms.